The van der Waals surface area contributed by atoms with Crippen molar-refractivity contribution in [2.45, 2.75) is 233 Å². The van der Waals surface area contributed by atoms with Crippen molar-refractivity contribution in [2.75, 3.05) is 10.6 Å². The molecule has 4 rings (SSSR count). The highest BCUT2D eigenvalue weighted by molar-refractivity contribution is 5.68. The first-order valence-electron chi connectivity index (χ1n) is 26.6. The lowest BCUT2D eigenvalue weighted by molar-refractivity contribution is 0.575. The number of hydrogen-bond acceptors (Lipinski definition) is 2. The predicted molar refractivity (Wildman–Crippen MR) is 279 cm³/mol. The summed E-state index contributed by atoms with van der Waals surface area (Å²) in [7, 11) is 0. The highest BCUT2D eigenvalue weighted by atomic mass is 14.9. The molecule has 2 heteroatoms. The van der Waals surface area contributed by atoms with E-state index in [0.717, 1.165) is 11.4 Å². The van der Waals surface area contributed by atoms with Gasteiger partial charge in [0.15, 0.2) is 0 Å². The van der Waals surface area contributed by atoms with E-state index in [-0.39, 0.29) is 0 Å². The van der Waals surface area contributed by atoms with Gasteiger partial charge in [0.1, 0.15) is 0 Å². The largest absolute Gasteiger partial charge is 0.356 e. The molecule has 0 heterocycles. The van der Waals surface area contributed by atoms with Crippen LogP contribution in [-0.4, -0.2) is 0 Å². The van der Waals surface area contributed by atoms with Crippen molar-refractivity contribution in [3.8, 4) is 0 Å². The zero-order valence-corrected chi connectivity index (χ0v) is 40.9. The summed E-state index contributed by atoms with van der Waals surface area (Å²) in [5, 5.41) is 7.30. The number of rotatable bonds is 36. The molecule has 0 saturated carbocycles. The van der Waals surface area contributed by atoms with Gasteiger partial charge in [-0.15, -0.1) is 0 Å². The second kappa shape index (κ2) is 36.9. The van der Waals surface area contributed by atoms with Crippen molar-refractivity contribution in [2.24, 2.45) is 0 Å². The summed E-state index contributed by atoms with van der Waals surface area (Å²) in [5.41, 5.74) is 11.8. The summed E-state index contributed by atoms with van der Waals surface area (Å²) < 4.78 is 0. The number of unbranched alkanes of at least 4 members (excludes halogenated alkanes) is 24. The van der Waals surface area contributed by atoms with Crippen molar-refractivity contribution < 1.29 is 0 Å². The van der Waals surface area contributed by atoms with Crippen LogP contribution in [0.15, 0.2) is 97.1 Å². The zero-order valence-electron chi connectivity index (χ0n) is 40.9. The maximum absolute atomic E-state index is 3.99. The van der Waals surface area contributed by atoms with E-state index >= 15 is 0 Å². The third-order valence-corrected chi connectivity index (χ3v) is 12.8. The van der Waals surface area contributed by atoms with Gasteiger partial charge in [-0.05, 0) is 116 Å². The molecular weight excluding hydrogens is 749 g/mol. The van der Waals surface area contributed by atoms with Crippen LogP contribution in [0.5, 0.6) is 0 Å². The number of nitrogens with one attached hydrogen (secondary N) is 2. The molecule has 0 unspecified atom stereocenters. The molecule has 62 heavy (non-hydrogen) atoms. The minimum Gasteiger partial charge on any atom is -0.356 e. The lowest BCUT2D eigenvalue weighted by Crippen LogP contribution is -2.10. The van der Waals surface area contributed by atoms with E-state index in [0.29, 0.717) is 0 Å². The Bertz CT molecular complexity index is 1540. The molecule has 0 spiro atoms. The first-order valence-corrected chi connectivity index (χ1v) is 26.6. The van der Waals surface area contributed by atoms with Gasteiger partial charge < -0.3 is 10.6 Å². The Labute approximate surface area is 384 Å². The highest BCUT2D eigenvalue weighted by Gasteiger charge is 2.18. The third kappa shape index (κ3) is 24.4. The molecule has 0 fully saturated rings. The fourth-order valence-electron chi connectivity index (χ4n) is 9.06. The maximum Gasteiger partial charge on any atom is 0.0422 e. The average molecular weight is 843 g/mol. The summed E-state index contributed by atoms with van der Waals surface area (Å²) in [5.74, 6) is 0. The van der Waals surface area contributed by atoms with Gasteiger partial charge in [0.25, 0.3) is 0 Å². The number of benzene rings is 4. The molecule has 0 aliphatic heterocycles. The second-order valence-electron chi connectivity index (χ2n) is 18.4. The fourth-order valence-corrected chi connectivity index (χ4v) is 9.06. The second-order valence-corrected chi connectivity index (χ2v) is 18.4. The van der Waals surface area contributed by atoms with Crippen LogP contribution in [0.3, 0.4) is 0 Å². The van der Waals surface area contributed by atoms with Crippen LogP contribution >= 0.6 is 0 Å². The first kappa shape index (κ1) is 52.8. The average Bonchev–Trinajstić information content (AvgIpc) is 3.30. The number of hydrogen-bond donors (Lipinski definition) is 2. The monoisotopic (exact) mass is 843 g/mol. The lowest BCUT2D eigenvalue weighted by Gasteiger charge is -2.24. The van der Waals surface area contributed by atoms with Gasteiger partial charge in [0, 0.05) is 22.7 Å². The third-order valence-electron chi connectivity index (χ3n) is 12.8. The standard InChI is InChI=1S/C48H83N.C12H11N/c1-5-9-13-17-21-25-30-36-43-42-48(49-44-37-31-29-32-38-44)47(41-35-28-24-20-16-12-8-4)46(40-34-27-23-19-15-11-7-3)45(43)39-33-26-22-18-14-10-6-2;1-3-7-11(8-4-1)13-12-9-5-2-6-10-12/h29,31-32,37-38,42,49H,5-28,30,33-36,39-41H2,1-4H3;1-10,13H. The Morgan fingerprint density at radius 1 is 0.274 bits per heavy atom. The fraction of sp³-hybridized carbons (Fsp3) is 0.600. The van der Waals surface area contributed by atoms with Crippen LogP contribution in [0.2, 0.25) is 0 Å². The minimum absolute atomic E-state index is 1.12. The molecule has 0 radical (unpaired) electrons. The molecular formula is C60H94N2. The molecule has 0 saturated heterocycles. The Kier molecular flexibility index (Phi) is 31.4. The predicted octanol–water partition coefficient (Wildman–Crippen LogP) is 20.0. The van der Waals surface area contributed by atoms with E-state index in [1.165, 1.54) is 217 Å². The topological polar surface area (TPSA) is 24.1 Å². The number of anilines is 4. The van der Waals surface area contributed by atoms with E-state index in [1.807, 2.05) is 60.7 Å². The van der Waals surface area contributed by atoms with Crippen LogP contribution < -0.4 is 10.6 Å². The molecule has 4 aromatic rings. The van der Waals surface area contributed by atoms with Crippen LogP contribution in [0.25, 0.3) is 0 Å². The molecule has 0 aromatic heterocycles. The summed E-state index contributed by atoms with van der Waals surface area (Å²) in [6, 6.07) is 34.0. The van der Waals surface area contributed by atoms with Crippen LogP contribution in [0, 0.1) is 0 Å². The molecule has 0 amide bonds. The van der Waals surface area contributed by atoms with Crippen LogP contribution in [0.4, 0.5) is 22.7 Å². The molecule has 0 aliphatic rings. The molecule has 0 aliphatic carbocycles. The van der Waals surface area contributed by atoms with Crippen LogP contribution in [-0.2, 0) is 25.7 Å². The van der Waals surface area contributed by atoms with Gasteiger partial charge in [0.2, 0.25) is 0 Å². The highest BCUT2D eigenvalue weighted by Crippen LogP contribution is 2.35. The first-order chi connectivity index (χ1) is 30.7. The smallest absolute Gasteiger partial charge is 0.0422 e. The zero-order chi connectivity index (χ0) is 44.0. The quantitative estimate of drug-likeness (QED) is 0.0446. The van der Waals surface area contributed by atoms with Gasteiger partial charge in [-0.3, -0.25) is 0 Å². The number of aryl methyl sites for hydroxylation is 1. The Morgan fingerprint density at radius 2 is 0.565 bits per heavy atom. The van der Waals surface area contributed by atoms with Gasteiger partial charge in [-0.2, -0.15) is 0 Å². The van der Waals surface area contributed by atoms with Gasteiger partial charge in [-0.1, -0.05) is 236 Å². The summed E-state index contributed by atoms with van der Waals surface area (Å²) in [6.45, 7) is 9.32. The van der Waals surface area contributed by atoms with E-state index < -0.39 is 0 Å². The molecule has 344 valence electrons. The molecule has 2 N–H and O–H groups in total. The van der Waals surface area contributed by atoms with E-state index in [1.54, 1.807) is 22.3 Å². The summed E-state index contributed by atoms with van der Waals surface area (Å²) >= 11 is 0. The SMILES string of the molecule is CCCCCCCCCc1cc(Nc2ccccc2)c(CCCCCCCCC)c(CCCCCCCCC)c1CCCCCCCCC.c1ccc(Nc2ccccc2)cc1. The Morgan fingerprint density at radius 3 is 0.935 bits per heavy atom. The van der Waals surface area contributed by atoms with Crippen molar-refractivity contribution >= 4 is 22.7 Å². The lowest BCUT2D eigenvalue weighted by atomic mass is 9.84. The van der Waals surface area contributed by atoms with Crippen molar-refractivity contribution in [1.29, 1.82) is 0 Å². The minimum atomic E-state index is 1.12. The van der Waals surface area contributed by atoms with Gasteiger partial charge >= 0.3 is 0 Å². The summed E-state index contributed by atoms with van der Waals surface area (Å²) in [6.07, 6.45) is 43.9. The normalized spacial score (nSPS) is 11.0. The van der Waals surface area contributed by atoms with E-state index in [4.69, 9.17) is 0 Å². The Hall–Kier alpha value is -3.52. The van der Waals surface area contributed by atoms with Crippen molar-refractivity contribution in [3.63, 3.8) is 0 Å². The number of para-hydroxylation sites is 3. The summed E-state index contributed by atoms with van der Waals surface area (Å²) in [4.78, 5) is 0. The van der Waals surface area contributed by atoms with E-state index in [9.17, 15) is 0 Å². The van der Waals surface area contributed by atoms with E-state index in [2.05, 4.69) is 74.7 Å². The maximum atomic E-state index is 3.99. The van der Waals surface area contributed by atoms with Gasteiger partial charge in [0.05, 0.1) is 0 Å². The molecule has 4 aromatic carbocycles. The van der Waals surface area contributed by atoms with Crippen LogP contribution in [0.1, 0.15) is 230 Å². The molecule has 0 atom stereocenters. The molecule has 2 nitrogen and oxygen atoms in total. The molecule has 0 bridgehead atoms. The van der Waals surface area contributed by atoms with Crippen molar-refractivity contribution in [1.82, 2.24) is 0 Å². The van der Waals surface area contributed by atoms with Crippen molar-refractivity contribution in [3.05, 3.63) is 119 Å². The Balaban J connectivity index is 0.000000661. The van der Waals surface area contributed by atoms with Gasteiger partial charge in [-0.25, -0.2) is 0 Å².